The number of thiophene rings is 1. The molecular formula is C23H21N5O5S2. The standard InChI is InChI=1S/C23H21N5O5S2/c29-21(15-6-7-18(19(13-15)28(31)32)27-8-10-33-11-9-27)26-23(34)25-17-4-1-3-16(14-17)24-22(30)20-5-2-12-35-20/h1-7,12-14H,8-11H2,(H,24,30)(H2,25,26,29,34). The quantitative estimate of drug-likeness (QED) is 0.259. The maximum absolute atomic E-state index is 12.7. The molecule has 1 fully saturated rings. The van der Waals surface area contributed by atoms with Crippen LogP contribution in [0.2, 0.25) is 0 Å². The van der Waals surface area contributed by atoms with Crippen LogP contribution in [0, 0.1) is 10.1 Å². The highest BCUT2D eigenvalue weighted by atomic mass is 32.1. The first-order valence-corrected chi connectivity index (χ1v) is 11.9. The molecule has 0 radical (unpaired) electrons. The number of thiocarbonyl (C=S) groups is 1. The van der Waals surface area contributed by atoms with Crippen molar-refractivity contribution in [2.45, 2.75) is 0 Å². The number of hydrogen-bond donors (Lipinski definition) is 3. The Morgan fingerprint density at radius 2 is 1.74 bits per heavy atom. The normalized spacial score (nSPS) is 13.1. The zero-order valence-corrected chi connectivity index (χ0v) is 20.0. The first kappa shape index (κ1) is 24.3. The number of ether oxygens (including phenoxy) is 1. The Morgan fingerprint density at radius 3 is 2.43 bits per heavy atom. The molecule has 0 bridgehead atoms. The van der Waals surface area contributed by atoms with E-state index in [2.05, 4.69) is 16.0 Å². The molecule has 0 spiro atoms. The Bertz CT molecular complexity index is 1260. The van der Waals surface area contributed by atoms with Crippen LogP contribution in [0.4, 0.5) is 22.7 Å². The molecule has 2 amide bonds. The van der Waals surface area contributed by atoms with Crippen molar-refractivity contribution in [1.29, 1.82) is 0 Å². The van der Waals surface area contributed by atoms with Gasteiger partial charge in [0.1, 0.15) is 5.69 Å². The number of benzene rings is 2. The summed E-state index contributed by atoms with van der Waals surface area (Å²) in [5, 5.41) is 21.7. The number of rotatable bonds is 6. The van der Waals surface area contributed by atoms with Gasteiger partial charge in [-0.1, -0.05) is 12.1 Å². The van der Waals surface area contributed by atoms with Crippen LogP contribution < -0.4 is 20.9 Å². The molecule has 180 valence electrons. The second-order valence-electron chi connectivity index (χ2n) is 7.48. The molecule has 1 aromatic heterocycles. The molecule has 0 aliphatic carbocycles. The molecule has 1 saturated heterocycles. The highest BCUT2D eigenvalue weighted by Crippen LogP contribution is 2.30. The number of nitrogens with zero attached hydrogens (tertiary/aromatic N) is 2. The van der Waals surface area contributed by atoms with Crippen molar-refractivity contribution >= 4 is 63.2 Å². The lowest BCUT2D eigenvalue weighted by Crippen LogP contribution is -2.37. The zero-order chi connectivity index (χ0) is 24.8. The number of amides is 2. The molecule has 10 nitrogen and oxygen atoms in total. The predicted octanol–water partition coefficient (Wildman–Crippen LogP) is 3.87. The third kappa shape index (κ3) is 6.18. The summed E-state index contributed by atoms with van der Waals surface area (Å²) < 4.78 is 5.30. The van der Waals surface area contributed by atoms with Gasteiger partial charge in [-0.2, -0.15) is 0 Å². The second kappa shape index (κ2) is 11.0. The average Bonchev–Trinajstić information content (AvgIpc) is 3.39. The summed E-state index contributed by atoms with van der Waals surface area (Å²) in [5.74, 6) is -0.809. The van der Waals surface area contributed by atoms with Gasteiger partial charge in [-0.3, -0.25) is 25.0 Å². The van der Waals surface area contributed by atoms with E-state index in [4.69, 9.17) is 17.0 Å². The lowest BCUT2D eigenvalue weighted by molar-refractivity contribution is -0.384. The average molecular weight is 512 g/mol. The summed E-state index contributed by atoms with van der Waals surface area (Å²) >= 11 is 6.57. The van der Waals surface area contributed by atoms with Gasteiger partial charge in [-0.25, -0.2) is 0 Å². The van der Waals surface area contributed by atoms with Crippen molar-refractivity contribution in [1.82, 2.24) is 5.32 Å². The van der Waals surface area contributed by atoms with Crippen LogP contribution in [0.5, 0.6) is 0 Å². The fourth-order valence-corrected chi connectivity index (χ4v) is 4.32. The number of nitrogens with one attached hydrogen (secondary N) is 3. The number of nitro benzene ring substituents is 1. The fourth-order valence-electron chi connectivity index (χ4n) is 3.50. The van der Waals surface area contributed by atoms with E-state index in [0.29, 0.717) is 48.2 Å². The first-order chi connectivity index (χ1) is 16.9. The molecule has 1 aliphatic rings. The van der Waals surface area contributed by atoms with Gasteiger partial charge in [-0.05, 0) is 54.0 Å². The zero-order valence-electron chi connectivity index (χ0n) is 18.4. The minimum absolute atomic E-state index is 0.0108. The molecule has 2 aromatic carbocycles. The van der Waals surface area contributed by atoms with Crippen LogP contribution in [-0.4, -0.2) is 48.2 Å². The summed E-state index contributed by atoms with van der Waals surface area (Å²) in [6.45, 7) is 2.04. The Balaban J connectivity index is 1.40. The van der Waals surface area contributed by atoms with Crippen molar-refractivity contribution < 1.29 is 19.2 Å². The minimum Gasteiger partial charge on any atom is -0.378 e. The van der Waals surface area contributed by atoms with Crippen molar-refractivity contribution in [2.24, 2.45) is 0 Å². The van der Waals surface area contributed by atoms with Gasteiger partial charge in [0.15, 0.2) is 5.11 Å². The largest absolute Gasteiger partial charge is 0.378 e. The molecule has 2 heterocycles. The first-order valence-electron chi connectivity index (χ1n) is 10.6. The molecule has 0 atom stereocenters. The predicted molar refractivity (Wildman–Crippen MR) is 139 cm³/mol. The summed E-state index contributed by atoms with van der Waals surface area (Å²) in [5.41, 5.74) is 1.49. The number of nitro groups is 1. The lowest BCUT2D eigenvalue weighted by atomic mass is 10.1. The number of hydrogen-bond acceptors (Lipinski definition) is 8. The van der Waals surface area contributed by atoms with Crippen LogP contribution in [0.3, 0.4) is 0 Å². The van der Waals surface area contributed by atoms with Gasteiger partial charge < -0.3 is 20.3 Å². The molecule has 12 heteroatoms. The molecule has 0 unspecified atom stereocenters. The van der Waals surface area contributed by atoms with Gasteiger partial charge in [0.25, 0.3) is 17.5 Å². The maximum atomic E-state index is 12.7. The minimum atomic E-state index is -0.582. The van der Waals surface area contributed by atoms with Crippen molar-refractivity contribution in [2.75, 3.05) is 41.8 Å². The lowest BCUT2D eigenvalue weighted by Gasteiger charge is -2.28. The molecular weight excluding hydrogens is 490 g/mol. The van der Waals surface area contributed by atoms with Gasteiger partial charge in [0.05, 0.1) is 23.0 Å². The molecule has 35 heavy (non-hydrogen) atoms. The number of carbonyl (C=O) groups is 2. The second-order valence-corrected chi connectivity index (χ2v) is 8.84. The molecule has 0 saturated carbocycles. The smallest absolute Gasteiger partial charge is 0.293 e. The van der Waals surface area contributed by atoms with E-state index in [1.54, 1.807) is 42.5 Å². The van der Waals surface area contributed by atoms with Gasteiger partial charge in [0.2, 0.25) is 0 Å². The Morgan fingerprint density at radius 1 is 1.00 bits per heavy atom. The molecule has 1 aliphatic heterocycles. The van der Waals surface area contributed by atoms with Crippen molar-refractivity contribution in [3.8, 4) is 0 Å². The third-order valence-electron chi connectivity index (χ3n) is 5.14. The number of anilines is 3. The van der Waals surface area contributed by atoms with Gasteiger partial charge in [-0.15, -0.1) is 11.3 Å². The Kier molecular flexibility index (Phi) is 7.65. The molecule has 3 N–H and O–H groups in total. The van der Waals surface area contributed by atoms with E-state index in [0.717, 1.165) is 0 Å². The van der Waals surface area contributed by atoms with E-state index in [1.165, 1.54) is 23.5 Å². The number of morpholine rings is 1. The fraction of sp³-hybridized carbons (Fsp3) is 0.174. The monoisotopic (exact) mass is 511 g/mol. The van der Waals surface area contributed by atoms with Gasteiger partial charge in [0, 0.05) is 36.1 Å². The summed E-state index contributed by atoms with van der Waals surface area (Å²) in [7, 11) is 0. The SMILES string of the molecule is O=C(NC(=S)Nc1cccc(NC(=O)c2cccs2)c1)c1ccc(N2CCOCC2)c([N+](=O)[O-])c1. The third-order valence-corrected chi connectivity index (χ3v) is 6.21. The van der Waals surface area contributed by atoms with E-state index in [9.17, 15) is 19.7 Å². The summed E-state index contributed by atoms with van der Waals surface area (Å²) in [6.07, 6.45) is 0. The summed E-state index contributed by atoms with van der Waals surface area (Å²) in [6, 6.07) is 14.7. The van der Waals surface area contributed by atoms with Crippen molar-refractivity contribution in [3.63, 3.8) is 0 Å². The van der Waals surface area contributed by atoms with Crippen molar-refractivity contribution in [3.05, 3.63) is 80.5 Å². The van der Waals surface area contributed by atoms with Crippen LogP contribution in [0.15, 0.2) is 60.0 Å². The summed E-state index contributed by atoms with van der Waals surface area (Å²) in [4.78, 5) is 38.5. The van der Waals surface area contributed by atoms with E-state index >= 15 is 0 Å². The molecule has 3 aromatic rings. The highest BCUT2D eigenvalue weighted by molar-refractivity contribution is 7.80. The van der Waals surface area contributed by atoms with E-state index in [1.807, 2.05) is 10.3 Å². The van der Waals surface area contributed by atoms with Crippen LogP contribution in [0.1, 0.15) is 20.0 Å². The Labute approximate surface area is 210 Å². The molecule has 4 rings (SSSR count). The number of carbonyl (C=O) groups excluding carboxylic acids is 2. The van der Waals surface area contributed by atoms with Crippen LogP contribution in [0.25, 0.3) is 0 Å². The van der Waals surface area contributed by atoms with Crippen LogP contribution in [-0.2, 0) is 4.74 Å². The maximum Gasteiger partial charge on any atom is 0.293 e. The van der Waals surface area contributed by atoms with Gasteiger partial charge >= 0.3 is 0 Å². The van der Waals surface area contributed by atoms with E-state index < -0.39 is 10.8 Å². The van der Waals surface area contributed by atoms with E-state index in [-0.39, 0.29) is 22.3 Å². The van der Waals surface area contributed by atoms with Crippen LogP contribution >= 0.6 is 23.6 Å². The highest BCUT2D eigenvalue weighted by Gasteiger charge is 2.23. The topological polar surface area (TPSA) is 126 Å². The Hall–Kier alpha value is -3.87.